The van der Waals surface area contributed by atoms with Crippen LogP contribution in [0.1, 0.15) is 0 Å². The number of halogens is 2. The van der Waals surface area contributed by atoms with E-state index < -0.39 is 11.1 Å². The molecule has 1 unspecified atom stereocenters. The zero-order valence-corrected chi connectivity index (χ0v) is 14.3. The number of hydrogen-bond donors (Lipinski definition) is 0. The van der Waals surface area contributed by atoms with Crippen molar-refractivity contribution < 1.29 is 47.4 Å². The maximum Gasteiger partial charge on any atom is 1.00 e. The Bertz CT molecular complexity index is 592. The SMILES string of the molecule is O=S([O-])c1ccc(Oc2ccc(F)c(Br)c2)cc1.[Na+]. The van der Waals surface area contributed by atoms with E-state index in [1.807, 2.05) is 0 Å². The number of hydrogen-bond acceptors (Lipinski definition) is 3. The number of ether oxygens (including phenoxy) is 1. The molecule has 2 rings (SSSR count). The van der Waals surface area contributed by atoms with Gasteiger partial charge in [-0.05, 0) is 69.5 Å². The normalized spacial score (nSPS) is 11.5. The predicted molar refractivity (Wildman–Crippen MR) is 67.8 cm³/mol. The molecule has 0 saturated heterocycles. The monoisotopic (exact) mass is 352 g/mol. The number of benzene rings is 2. The van der Waals surface area contributed by atoms with E-state index in [1.165, 1.54) is 42.5 Å². The second-order valence-electron chi connectivity index (χ2n) is 3.38. The first-order valence-corrected chi connectivity index (χ1v) is 6.75. The molecule has 0 aliphatic heterocycles. The summed E-state index contributed by atoms with van der Waals surface area (Å²) in [6.45, 7) is 0. The molecule has 0 spiro atoms. The van der Waals surface area contributed by atoms with Gasteiger partial charge in [-0.25, -0.2) is 4.39 Å². The Hall–Kier alpha value is -0.240. The van der Waals surface area contributed by atoms with Crippen LogP contribution in [0.2, 0.25) is 0 Å². The summed E-state index contributed by atoms with van der Waals surface area (Å²) < 4.78 is 40.1. The van der Waals surface area contributed by atoms with E-state index in [0.29, 0.717) is 16.0 Å². The van der Waals surface area contributed by atoms with Crippen LogP contribution in [0.15, 0.2) is 51.8 Å². The van der Waals surface area contributed by atoms with E-state index in [4.69, 9.17) is 4.74 Å². The molecule has 0 N–H and O–H groups in total. The van der Waals surface area contributed by atoms with Crippen molar-refractivity contribution in [3.05, 3.63) is 52.8 Å². The van der Waals surface area contributed by atoms with Crippen LogP contribution in [-0.2, 0) is 11.1 Å². The molecule has 0 fully saturated rings. The van der Waals surface area contributed by atoms with Crippen LogP contribution in [0.5, 0.6) is 11.5 Å². The minimum atomic E-state index is -2.25. The molecule has 0 saturated carbocycles. The van der Waals surface area contributed by atoms with Gasteiger partial charge in [0.2, 0.25) is 0 Å². The van der Waals surface area contributed by atoms with Gasteiger partial charge in [0.15, 0.2) is 0 Å². The van der Waals surface area contributed by atoms with Crippen LogP contribution in [0.4, 0.5) is 4.39 Å². The van der Waals surface area contributed by atoms with Crippen LogP contribution in [-0.4, -0.2) is 8.76 Å². The summed E-state index contributed by atoms with van der Waals surface area (Å²) >= 11 is 0.800. The van der Waals surface area contributed by atoms with E-state index >= 15 is 0 Å². The van der Waals surface area contributed by atoms with Gasteiger partial charge >= 0.3 is 29.6 Å². The van der Waals surface area contributed by atoms with Gasteiger partial charge < -0.3 is 9.29 Å². The Kier molecular flexibility index (Phi) is 6.65. The molecule has 0 bridgehead atoms. The van der Waals surface area contributed by atoms with Gasteiger partial charge in [-0.1, -0.05) is 0 Å². The van der Waals surface area contributed by atoms with Crippen molar-refractivity contribution in [2.75, 3.05) is 0 Å². The summed E-state index contributed by atoms with van der Waals surface area (Å²) in [5.41, 5.74) is 0. The predicted octanol–water partition coefficient (Wildman–Crippen LogP) is 0.623. The Morgan fingerprint density at radius 2 is 1.68 bits per heavy atom. The van der Waals surface area contributed by atoms with Gasteiger partial charge in [-0.3, -0.25) is 4.21 Å². The minimum Gasteiger partial charge on any atom is -0.768 e. The average Bonchev–Trinajstić information content (AvgIpc) is 2.34. The van der Waals surface area contributed by atoms with Crippen molar-refractivity contribution >= 4 is 27.0 Å². The van der Waals surface area contributed by atoms with E-state index in [9.17, 15) is 13.2 Å². The van der Waals surface area contributed by atoms with E-state index in [1.54, 1.807) is 0 Å². The van der Waals surface area contributed by atoms with Crippen molar-refractivity contribution in [2.24, 2.45) is 0 Å². The Labute approximate surface area is 142 Å². The minimum absolute atomic E-state index is 0. The Balaban J connectivity index is 0.00000180. The third-order valence-electron chi connectivity index (χ3n) is 2.14. The number of rotatable bonds is 3. The smallest absolute Gasteiger partial charge is 0.768 e. The molecule has 0 aromatic heterocycles. The third kappa shape index (κ3) is 4.66. The van der Waals surface area contributed by atoms with Crippen LogP contribution in [0.3, 0.4) is 0 Å². The summed E-state index contributed by atoms with van der Waals surface area (Å²) in [6, 6.07) is 10.2. The molecule has 2 aromatic rings. The van der Waals surface area contributed by atoms with Crippen LogP contribution < -0.4 is 34.3 Å². The van der Waals surface area contributed by atoms with E-state index in [2.05, 4.69) is 15.9 Å². The topological polar surface area (TPSA) is 49.4 Å². The van der Waals surface area contributed by atoms with Gasteiger partial charge in [0, 0.05) is 4.90 Å². The molecule has 0 heterocycles. The molecule has 0 radical (unpaired) electrons. The molecule has 0 aliphatic carbocycles. The van der Waals surface area contributed by atoms with Crippen molar-refractivity contribution in [1.29, 1.82) is 0 Å². The zero-order chi connectivity index (χ0) is 13.1. The van der Waals surface area contributed by atoms with Crippen LogP contribution in [0, 0.1) is 5.82 Å². The van der Waals surface area contributed by atoms with Crippen molar-refractivity contribution in [1.82, 2.24) is 0 Å². The molecular weight excluding hydrogens is 346 g/mol. The largest absolute Gasteiger partial charge is 1.00 e. The van der Waals surface area contributed by atoms with Crippen molar-refractivity contribution in [3.8, 4) is 11.5 Å². The maximum atomic E-state index is 13.0. The van der Waals surface area contributed by atoms with Crippen LogP contribution >= 0.6 is 15.9 Å². The molecule has 2 aromatic carbocycles. The second kappa shape index (κ2) is 7.52. The fraction of sp³-hybridized carbons (Fsp3) is 0. The molecular formula is C12H7BrFNaO3S. The van der Waals surface area contributed by atoms with E-state index in [-0.39, 0.29) is 40.3 Å². The van der Waals surface area contributed by atoms with E-state index in [0.717, 1.165) is 0 Å². The molecule has 0 amide bonds. The van der Waals surface area contributed by atoms with Crippen molar-refractivity contribution in [3.63, 3.8) is 0 Å². The first-order valence-electron chi connectivity index (χ1n) is 4.88. The fourth-order valence-corrected chi connectivity index (χ4v) is 2.01. The van der Waals surface area contributed by atoms with Gasteiger partial charge in [0.1, 0.15) is 17.3 Å². The fourth-order valence-electron chi connectivity index (χ4n) is 1.30. The third-order valence-corrected chi connectivity index (χ3v) is 3.41. The van der Waals surface area contributed by atoms with Gasteiger partial charge in [-0.2, -0.15) is 0 Å². The first-order chi connectivity index (χ1) is 8.56. The molecule has 19 heavy (non-hydrogen) atoms. The molecule has 0 aliphatic rings. The molecule has 94 valence electrons. The second-order valence-corrected chi connectivity index (χ2v) is 5.18. The van der Waals surface area contributed by atoms with Gasteiger partial charge in [-0.15, -0.1) is 0 Å². The van der Waals surface area contributed by atoms with Gasteiger partial charge in [0.25, 0.3) is 0 Å². The summed E-state index contributed by atoms with van der Waals surface area (Å²) in [6.07, 6.45) is 0. The summed E-state index contributed by atoms with van der Waals surface area (Å²) in [4.78, 5) is 0.183. The van der Waals surface area contributed by atoms with Crippen molar-refractivity contribution in [2.45, 2.75) is 4.90 Å². The Morgan fingerprint density at radius 1 is 1.11 bits per heavy atom. The summed E-state index contributed by atoms with van der Waals surface area (Å²) in [7, 11) is 0. The molecule has 7 heteroatoms. The summed E-state index contributed by atoms with van der Waals surface area (Å²) in [5, 5.41) is 0. The molecule has 1 atom stereocenters. The Morgan fingerprint density at radius 3 is 2.21 bits per heavy atom. The zero-order valence-electron chi connectivity index (χ0n) is 9.93. The summed E-state index contributed by atoms with van der Waals surface area (Å²) in [5.74, 6) is 0.557. The average molecular weight is 353 g/mol. The van der Waals surface area contributed by atoms with Gasteiger partial charge in [0.05, 0.1) is 4.47 Å². The quantitative estimate of drug-likeness (QED) is 0.601. The maximum absolute atomic E-state index is 13.0. The van der Waals surface area contributed by atoms with Crippen LogP contribution in [0.25, 0.3) is 0 Å². The first kappa shape index (κ1) is 16.8. The standard InChI is InChI=1S/C12H8BrFO3S.Na/c13-11-7-9(3-6-12(11)14)17-8-1-4-10(5-2-8)18(15)16;/h1-7H,(H,15,16);/q;+1/p-1. The molecule has 3 nitrogen and oxygen atoms in total.